The molecule has 2 aliphatic carbocycles. The van der Waals surface area contributed by atoms with Gasteiger partial charge in [0.25, 0.3) is 0 Å². The highest BCUT2D eigenvalue weighted by Gasteiger charge is 2.13. The van der Waals surface area contributed by atoms with E-state index in [0.717, 1.165) is 18.8 Å². The van der Waals surface area contributed by atoms with Gasteiger partial charge >= 0.3 is 0 Å². The molecule has 0 amide bonds. The normalized spacial score (nSPS) is 17.6. The smallest absolute Gasteiger partial charge is 0.0270 e. The molecule has 1 atom stereocenters. The van der Waals surface area contributed by atoms with Gasteiger partial charge in [0, 0.05) is 18.8 Å². The lowest BCUT2D eigenvalue weighted by molar-refractivity contribution is 0.656. The fourth-order valence-corrected chi connectivity index (χ4v) is 4.76. The van der Waals surface area contributed by atoms with Crippen LogP contribution < -0.4 is 10.4 Å². The summed E-state index contributed by atoms with van der Waals surface area (Å²) in [6.45, 7) is 2.32. The van der Waals surface area contributed by atoms with E-state index in [1.165, 1.54) is 44.8 Å². The summed E-state index contributed by atoms with van der Waals surface area (Å²) in [6.07, 6.45) is 15.2. The van der Waals surface area contributed by atoms with E-state index in [2.05, 4.69) is 84.7 Å². The minimum absolute atomic E-state index is 0.727. The second kappa shape index (κ2) is 8.28. The van der Waals surface area contributed by atoms with Gasteiger partial charge in [-0.25, -0.2) is 0 Å². The molecule has 148 valence electrons. The Bertz CT molecular complexity index is 1360. The zero-order valence-corrected chi connectivity index (χ0v) is 17.5. The van der Waals surface area contributed by atoms with Crippen LogP contribution in [0, 0.1) is 16.4 Å². The maximum Gasteiger partial charge on any atom is 0.0270 e. The van der Waals surface area contributed by atoms with E-state index < -0.39 is 0 Å². The van der Waals surface area contributed by atoms with Gasteiger partial charge in [0.15, 0.2) is 0 Å². The van der Waals surface area contributed by atoms with Crippen molar-refractivity contribution in [3.8, 4) is 0 Å². The first-order valence-electron chi connectivity index (χ1n) is 11.0. The molecule has 1 nitrogen and oxygen atoms in total. The molecule has 0 fully saturated rings. The average molecular weight is 390 g/mol. The lowest BCUT2D eigenvalue weighted by atomic mass is 9.86. The minimum atomic E-state index is 0.727. The van der Waals surface area contributed by atoms with Gasteiger partial charge in [-0.05, 0) is 74.4 Å². The maximum absolute atomic E-state index is 4.08. The van der Waals surface area contributed by atoms with Gasteiger partial charge in [0.05, 0.1) is 0 Å². The Morgan fingerprint density at radius 2 is 1.67 bits per heavy atom. The van der Waals surface area contributed by atoms with Crippen LogP contribution in [0.25, 0.3) is 18.2 Å². The summed E-state index contributed by atoms with van der Waals surface area (Å²) >= 11 is 0. The fraction of sp³-hybridized carbons (Fsp3) is 0.207. The second-order valence-corrected chi connectivity index (χ2v) is 8.39. The summed E-state index contributed by atoms with van der Waals surface area (Å²) in [7, 11) is 0. The van der Waals surface area contributed by atoms with Crippen molar-refractivity contribution in [2.24, 2.45) is 10.9 Å². The number of hydrogen-bond donors (Lipinski definition) is 0. The van der Waals surface area contributed by atoms with Gasteiger partial charge in [0.1, 0.15) is 0 Å². The molecule has 6 rings (SSSR count). The Morgan fingerprint density at radius 3 is 2.63 bits per heavy atom. The lowest BCUT2D eigenvalue weighted by Crippen LogP contribution is -2.22. The molecule has 0 spiro atoms. The van der Waals surface area contributed by atoms with E-state index in [1.807, 2.05) is 18.5 Å². The number of rotatable bonds is 0. The van der Waals surface area contributed by atoms with Crippen molar-refractivity contribution < 1.29 is 0 Å². The Balaban J connectivity index is 0.000000149. The topological polar surface area (TPSA) is 12.4 Å². The summed E-state index contributed by atoms with van der Waals surface area (Å²) in [4.78, 5) is 4.08. The van der Waals surface area contributed by atoms with Gasteiger partial charge in [-0.1, -0.05) is 79.7 Å². The Kier molecular flexibility index (Phi) is 5.19. The summed E-state index contributed by atoms with van der Waals surface area (Å²) in [5.41, 5.74) is 5.80. The van der Waals surface area contributed by atoms with Gasteiger partial charge in [-0.2, -0.15) is 0 Å². The summed E-state index contributed by atoms with van der Waals surface area (Å²) in [5, 5.41) is 5.73. The van der Waals surface area contributed by atoms with E-state index in [1.54, 1.807) is 11.1 Å². The van der Waals surface area contributed by atoms with Crippen LogP contribution in [-0.2, 0) is 19.3 Å². The molecule has 0 N–H and O–H groups in total. The van der Waals surface area contributed by atoms with Gasteiger partial charge in [-0.15, -0.1) is 0 Å². The molecule has 1 heterocycles. The van der Waals surface area contributed by atoms with Crippen molar-refractivity contribution in [3.05, 3.63) is 110 Å². The van der Waals surface area contributed by atoms with Crippen LogP contribution in [0.2, 0.25) is 0 Å². The molecule has 0 saturated heterocycles. The van der Waals surface area contributed by atoms with Crippen LogP contribution in [0.15, 0.2) is 71.9 Å². The van der Waals surface area contributed by atoms with Gasteiger partial charge in [-0.3, -0.25) is 4.99 Å². The first-order valence-corrected chi connectivity index (χ1v) is 11.0. The highest BCUT2D eigenvalue weighted by atomic mass is 14.7. The van der Waals surface area contributed by atoms with Crippen LogP contribution in [0.3, 0.4) is 0 Å². The van der Waals surface area contributed by atoms with Crippen LogP contribution in [0.5, 0.6) is 0 Å². The molecule has 1 unspecified atom stereocenters. The van der Waals surface area contributed by atoms with Crippen molar-refractivity contribution in [3.63, 3.8) is 0 Å². The molecule has 1 aliphatic heterocycles. The zero-order valence-electron chi connectivity index (χ0n) is 17.5. The fourth-order valence-electron chi connectivity index (χ4n) is 4.76. The largest absolute Gasteiger partial charge is 0.269 e. The van der Waals surface area contributed by atoms with Gasteiger partial charge in [0.2, 0.25) is 0 Å². The number of aliphatic imine (C=N–C) groups is 1. The van der Waals surface area contributed by atoms with Crippen molar-refractivity contribution in [2.75, 3.05) is 0 Å². The van der Waals surface area contributed by atoms with Crippen LogP contribution >= 0.6 is 0 Å². The molecular weight excluding hydrogens is 362 g/mol. The highest BCUT2D eigenvalue weighted by Crippen LogP contribution is 2.20. The predicted molar refractivity (Wildman–Crippen MR) is 128 cm³/mol. The van der Waals surface area contributed by atoms with Crippen LogP contribution in [0.4, 0.5) is 0 Å². The van der Waals surface area contributed by atoms with Gasteiger partial charge < -0.3 is 0 Å². The number of nitrogens with zero attached hydrogens (tertiary/aromatic N) is 1. The van der Waals surface area contributed by atoms with Crippen molar-refractivity contribution in [2.45, 2.75) is 32.6 Å². The van der Waals surface area contributed by atoms with E-state index in [9.17, 15) is 0 Å². The molecule has 1 heteroatoms. The standard InChI is InChI=1S/C19H18.C10H9N/c1-13-6-9-17-15(12-13)8-11-18-16-5-3-2-4-14(16)7-10-19(17)18;1-2-4-10-6-8-11-7-5-9(10)3-1/h2-5,7-8,11-13H,6,9-10H2,1H3;1-5,7-8H,6H2. The second-order valence-electron chi connectivity index (χ2n) is 8.39. The van der Waals surface area contributed by atoms with E-state index in [-0.39, 0.29) is 0 Å². The highest BCUT2D eigenvalue weighted by molar-refractivity contribution is 5.69. The third-order valence-electron chi connectivity index (χ3n) is 6.37. The Morgan fingerprint density at radius 1 is 0.800 bits per heavy atom. The molecule has 0 bridgehead atoms. The zero-order chi connectivity index (χ0) is 20.3. The maximum atomic E-state index is 4.08. The lowest BCUT2D eigenvalue weighted by Gasteiger charge is -2.19. The summed E-state index contributed by atoms with van der Waals surface area (Å²) < 4.78 is 0. The van der Waals surface area contributed by atoms with E-state index >= 15 is 0 Å². The van der Waals surface area contributed by atoms with Crippen molar-refractivity contribution in [1.82, 2.24) is 0 Å². The summed E-state index contributed by atoms with van der Waals surface area (Å²) in [5.74, 6) is 0.727. The molecule has 30 heavy (non-hydrogen) atoms. The third-order valence-corrected chi connectivity index (χ3v) is 6.37. The summed E-state index contributed by atoms with van der Waals surface area (Å²) in [6, 6.07) is 21.8. The molecule has 3 aliphatic rings. The molecule has 0 saturated carbocycles. The quantitative estimate of drug-likeness (QED) is 0.515. The first-order chi connectivity index (χ1) is 14.8. The number of benzene rings is 3. The van der Waals surface area contributed by atoms with Crippen molar-refractivity contribution >= 4 is 24.4 Å². The van der Waals surface area contributed by atoms with Crippen LogP contribution in [0.1, 0.15) is 35.6 Å². The molecule has 3 aromatic carbocycles. The third kappa shape index (κ3) is 3.68. The molecule has 0 aromatic heterocycles. The predicted octanol–water partition coefficient (Wildman–Crippen LogP) is 4.96. The first kappa shape index (κ1) is 18.8. The van der Waals surface area contributed by atoms with Crippen LogP contribution in [-0.4, -0.2) is 6.21 Å². The monoisotopic (exact) mass is 389 g/mol. The van der Waals surface area contributed by atoms with E-state index in [0.29, 0.717) is 0 Å². The molecular formula is C29H27N. The number of fused-ring (bicyclic) bond motifs is 5. The minimum Gasteiger partial charge on any atom is -0.269 e. The molecule has 3 aromatic rings. The Hall–Kier alpha value is -3.19. The SMILES string of the molecule is C1=Cc2ccccc2CC=N1.CC1C=c2ccc3c(c2CC1)CC=c1ccccc1=3. The Labute approximate surface area is 178 Å². The van der Waals surface area contributed by atoms with E-state index in [4.69, 9.17) is 0 Å². The average Bonchev–Trinajstić information content (AvgIpc) is 3.04. The molecule has 0 radical (unpaired) electrons. The number of hydrogen-bond acceptors (Lipinski definition) is 1. The van der Waals surface area contributed by atoms with Crippen molar-refractivity contribution in [1.29, 1.82) is 0 Å².